The highest BCUT2D eigenvalue weighted by atomic mass is 35.5. The number of piperidine rings is 1. The van der Waals surface area contributed by atoms with Crippen LogP contribution in [-0.2, 0) is 20.7 Å². The lowest BCUT2D eigenvalue weighted by atomic mass is 9.84. The van der Waals surface area contributed by atoms with Crippen molar-refractivity contribution in [2.75, 3.05) is 19.7 Å². The fourth-order valence-electron chi connectivity index (χ4n) is 3.78. The third-order valence-corrected chi connectivity index (χ3v) is 5.91. The Morgan fingerprint density at radius 3 is 2.40 bits per heavy atom. The van der Waals surface area contributed by atoms with Crippen LogP contribution in [0.1, 0.15) is 24.8 Å². The molecule has 2 heterocycles. The summed E-state index contributed by atoms with van der Waals surface area (Å²) in [6.45, 7) is 1.72. The minimum atomic E-state index is -0.783. The standard InChI is InChI=1S/C18H21Cl2NO4/c19-14-2-1-3-15(20)13(14)10-16(22)21-7-4-11(5-8-21)17-12(18(23)24)6-9-25-17/h1-3,11-12,17H,4-10H2,(H,23,24)/t12?,17-/m0/s1. The number of carboxylic acids is 1. The molecule has 1 aromatic carbocycles. The lowest BCUT2D eigenvalue weighted by Gasteiger charge is -2.35. The smallest absolute Gasteiger partial charge is 0.309 e. The highest BCUT2D eigenvalue weighted by Gasteiger charge is 2.40. The first-order valence-corrected chi connectivity index (χ1v) is 9.28. The van der Waals surface area contributed by atoms with Crippen LogP contribution in [-0.4, -0.2) is 47.7 Å². The Bertz CT molecular complexity index is 638. The van der Waals surface area contributed by atoms with Gasteiger partial charge in [-0.05, 0) is 42.9 Å². The van der Waals surface area contributed by atoms with E-state index in [-0.39, 0.29) is 24.3 Å². The van der Waals surface area contributed by atoms with Crippen molar-refractivity contribution >= 4 is 35.1 Å². The number of amides is 1. The molecule has 2 aliphatic heterocycles. The van der Waals surface area contributed by atoms with E-state index in [0.717, 1.165) is 12.8 Å². The van der Waals surface area contributed by atoms with E-state index in [9.17, 15) is 14.7 Å². The van der Waals surface area contributed by atoms with Gasteiger partial charge in [0.05, 0.1) is 18.4 Å². The van der Waals surface area contributed by atoms with Crippen molar-refractivity contribution < 1.29 is 19.4 Å². The molecule has 1 unspecified atom stereocenters. The largest absolute Gasteiger partial charge is 0.481 e. The molecule has 5 nitrogen and oxygen atoms in total. The van der Waals surface area contributed by atoms with E-state index in [2.05, 4.69) is 0 Å². The van der Waals surface area contributed by atoms with Gasteiger partial charge < -0.3 is 14.7 Å². The summed E-state index contributed by atoms with van der Waals surface area (Å²) in [4.78, 5) is 25.7. The summed E-state index contributed by atoms with van der Waals surface area (Å²) in [6, 6.07) is 5.21. The van der Waals surface area contributed by atoms with Crippen LogP contribution < -0.4 is 0 Å². The molecule has 7 heteroatoms. The van der Waals surface area contributed by atoms with Crippen LogP contribution in [0.4, 0.5) is 0 Å². The van der Waals surface area contributed by atoms with Crippen LogP contribution in [0, 0.1) is 11.8 Å². The maximum absolute atomic E-state index is 12.6. The fraction of sp³-hybridized carbons (Fsp3) is 0.556. The number of nitrogens with zero attached hydrogens (tertiary/aromatic N) is 1. The van der Waals surface area contributed by atoms with E-state index in [1.807, 2.05) is 0 Å². The number of rotatable bonds is 4. The number of ether oxygens (including phenoxy) is 1. The summed E-state index contributed by atoms with van der Waals surface area (Å²) in [5.74, 6) is -1.02. The zero-order valence-electron chi connectivity index (χ0n) is 13.8. The first kappa shape index (κ1) is 18.5. The number of hydrogen-bond donors (Lipinski definition) is 1. The van der Waals surface area contributed by atoms with Crippen LogP contribution in [0.2, 0.25) is 10.0 Å². The van der Waals surface area contributed by atoms with Crippen molar-refractivity contribution in [1.29, 1.82) is 0 Å². The van der Waals surface area contributed by atoms with Crippen molar-refractivity contribution in [2.45, 2.75) is 31.8 Å². The van der Waals surface area contributed by atoms with Crippen LogP contribution in [0.15, 0.2) is 18.2 Å². The molecule has 136 valence electrons. The topological polar surface area (TPSA) is 66.8 Å². The monoisotopic (exact) mass is 385 g/mol. The number of aliphatic carboxylic acids is 1. The van der Waals surface area contributed by atoms with Gasteiger partial charge >= 0.3 is 5.97 Å². The van der Waals surface area contributed by atoms with Crippen molar-refractivity contribution in [2.24, 2.45) is 11.8 Å². The molecule has 1 amide bonds. The Morgan fingerprint density at radius 1 is 1.16 bits per heavy atom. The van der Waals surface area contributed by atoms with E-state index in [4.69, 9.17) is 27.9 Å². The van der Waals surface area contributed by atoms with Gasteiger partial charge in [-0.1, -0.05) is 29.3 Å². The SMILES string of the molecule is O=C(O)C1CCO[C@H]1C1CCN(C(=O)Cc2c(Cl)cccc2Cl)CC1. The molecular formula is C18H21Cl2NO4. The number of likely N-dealkylation sites (tertiary alicyclic amines) is 1. The minimum Gasteiger partial charge on any atom is -0.481 e. The van der Waals surface area contributed by atoms with E-state index in [0.29, 0.717) is 41.7 Å². The summed E-state index contributed by atoms with van der Waals surface area (Å²) in [5.41, 5.74) is 0.656. The van der Waals surface area contributed by atoms with Crippen molar-refractivity contribution in [3.05, 3.63) is 33.8 Å². The predicted molar refractivity (Wildman–Crippen MR) is 95.0 cm³/mol. The lowest BCUT2D eigenvalue weighted by Crippen LogP contribution is -2.43. The second-order valence-electron chi connectivity index (χ2n) is 6.66. The van der Waals surface area contributed by atoms with Gasteiger partial charge in [0.15, 0.2) is 0 Å². The summed E-state index contributed by atoms with van der Waals surface area (Å²) in [6.07, 6.45) is 2.05. The van der Waals surface area contributed by atoms with Crippen molar-refractivity contribution in [3.63, 3.8) is 0 Å². The molecule has 2 fully saturated rings. The predicted octanol–water partition coefficient (Wildman–Crippen LogP) is 3.26. The molecule has 0 radical (unpaired) electrons. The number of hydrogen-bond acceptors (Lipinski definition) is 3. The molecule has 0 aromatic heterocycles. The zero-order chi connectivity index (χ0) is 18.0. The highest BCUT2D eigenvalue weighted by molar-refractivity contribution is 6.36. The van der Waals surface area contributed by atoms with Crippen LogP contribution in [0.3, 0.4) is 0 Å². The van der Waals surface area contributed by atoms with Gasteiger partial charge in [0.1, 0.15) is 0 Å². The van der Waals surface area contributed by atoms with Gasteiger partial charge in [-0.2, -0.15) is 0 Å². The summed E-state index contributed by atoms with van der Waals surface area (Å²) in [5, 5.41) is 10.3. The van der Waals surface area contributed by atoms with E-state index >= 15 is 0 Å². The zero-order valence-corrected chi connectivity index (χ0v) is 15.3. The van der Waals surface area contributed by atoms with Crippen LogP contribution in [0.5, 0.6) is 0 Å². The molecule has 0 spiro atoms. The van der Waals surface area contributed by atoms with Crippen molar-refractivity contribution in [3.8, 4) is 0 Å². The number of carbonyl (C=O) groups is 2. The molecule has 25 heavy (non-hydrogen) atoms. The highest BCUT2D eigenvalue weighted by Crippen LogP contribution is 2.33. The van der Waals surface area contributed by atoms with Gasteiger partial charge in [-0.3, -0.25) is 9.59 Å². The molecule has 0 saturated carbocycles. The van der Waals surface area contributed by atoms with Crippen LogP contribution >= 0.6 is 23.2 Å². The Hall–Kier alpha value is -1.30. The average Bonchev–Trinajstić information content (AvgIpc) is 3.08. The van der Waals surface area contributed by atoms with E-state index < -0.39 is 11.9 Å². The van der Waals surface area contributed by atoms with Gasteiger partial charge in [0.2, 0.25) is 5.91 Å². The number of carbonyl (C=O) groups excluding carboxylic acids is 1. The molecule has 2 saturated heterocycles. The first-order valence-electron chi connectivity index (χ1n) is 8.52. The Labute approximate surface area is 156 Å². The van der Waals surface area contributed by atoms with E-state index in [1.165, 1.54) is 0 Å². The molecule has 0 aliphatic carbocycles. The third-order valence-electron chi connectivity index (χ3n) is 5.20. The van der Waals surface area contributed by atoms with E-state index in [1.54, 1.807) is 23.1 Å². The molecule has 0 bridgehead atoms. The van der Waals surface area contributed by atoms with Gasteiger partial charge in [0, 0.05) is 29.7 Å². The number of halogens is 2. The number of benzene rings is 1. The molecular weight excluding hydrogens is 365 g/mol. The molecule has 1 N–H and O–H groups in total. The third kappa shape index (κ3) is 4.10. The first-order chi connectivity index (χ1) is 12.0. The maximum Gasteiger partial charge on any atom is 0.309 e. The van der Waals surface area contributed by atoms with Gasteiger partial charge in [-0.25, -0.2) is 0 Å². The van der Waals surface area contributed by atoms with Crippen LogP contribution in [0.25, 0.3) is 0 Å². The van der Waals surface area contributed by atoms with Crippen molar-refractivity contribution in [1.82, 2.24) is 4.90 Å². The summed E-state index contributed by atoms with van der Waals surface area (Å²) < 4.78 is 5.67. The lowest BCUT2D eigenvalue weighted by molar-refractivity contribution is -0.145. The van der Waals surface area contributed by atoms with Gasteiger partial charge in [-0.15, -0.1) is 0 Å². The second-order valence-corrected chi connectivity index (χ2v) is 7.48. The normalized spacial score (nSPS) is 24.5. The molecule has 2 atom stereocenters. The second kappa shape index (κ2) is 7.94. The molecule has 1 aromatic rings. The maximum atomic E-state index is 12.6. The Kier molecular flexibility index (Phi) is 5.87. The minimum absolute atomic E-state index is 0.00410. The molecule has 2 aliphatic rings. The average molecular weight is 386 g/mol. The number of carboxylic acid groups (broad SMARTS) is 1. The summed E-state index contributed by atoms with van der Waals surface area (Å²) in [7, 11) is 0. The summed E-state index contributed by atoms with van der Waals surface area (Å²) >= 11 is 12.3. The molecule has 3 rings (SSSR count). The fourth-order valence-corrected chi connectivity index (χ4v) is 4.31. The Balaban J connectivity index is 1.57. The quantitative estimate of drug-likeness (QED) is 0.863. The Morgan fingerprint density at radius 2 is 1.80 bits per heavy atom. The van der Waals surface area contributed by atoms with Gasteiger partial charge in [0.25, 0.3) is 0 Å².